The average molecular weight is 638 g/mol. The lowest BCUT2D eigenvalue weighted by atomic mass is 10.1. The fourth-order valence-electron chi connectivity index (χ4n) is 3.62. The van der Waals surface area contributed by atoms with Crippen LogP contribution in [0.1, 0.15) is 25.8 Å². The lowest BCUT2D eigenvalue weighted by Gasteiger charge is -2.32. The number of amides is 2. The van der Waals surface area contributed by atoms with Crippen LogP contribution in [-0.2, 0) is 26.2 Å². The third-order valence-electron chi connectivity index (χ3n) is 5.71. The van der Waals surface area contributed by atoms with Crippen LogP contribution in [-0.4, -0.2) is 44.3 Å². The summed E-state index contributed by atoms with van der Waals surface area (Å²) >= 11 is 2.12. The molecule has 1 N–H and O–H groups in total. The van der Waals surface area contributed by atoms with E-state index in [1.165, 1.54) is 41.3 Å². The highest BCUT2D eigenvalue weighted by molar-refractivity contribution is 14.1. The summed E-state index contributed by atoms with van der Waals surface area (Å²) in [5.74, 6) is -1.35. The molecule has 10 heteroatoms. The van der Waals surface area contributed by atoms with Gasteiger partial charge in [-0.3, -0.25) is 13.9 Å². The zero-order valence-electron chi connectivity index (χ0n) is 20.6. The first kappa shape index (κ1) is 28.6. The molecule has 37 heavy (non-hydrogen) atoms. The van der Waals surface area contributed by atoms with Crippen LogP contribution in [0.2, 0.25) is 0 Å². The Bertz CT molecular complexity index is 1300. The van der Waals surface area contributed by atoms with Crippen molar-refractivity contribution >= 4 is 50.1 Å². The molecule has 2 amide bonds. The summed E-state index contributed by atoms with van der Waals surface area (Å²) in [6.07, 6.45) is 0.722. The molecule has 0 aliphatic rings. The Hall–Kier alpha value is -2.99. The van der Waals surface area contributed by atoms with Crippen LogP contribution in [0.4, 0.5) is 10.1 Å². The van der Waals surface area contributed by atoms with Gasteiger partial charge in [-0.25, -0.2) is 12.8 Å². The van der Waals surface area contributed by atoms with Crippen LogP contribution >= 0.6 is 22.6 Å². The standard InChI is InChI=1S/C27H29FIN3O4S/c1-3-17-30-27(34)20(2)31(18-21-9-11-22(28)12-10-21)26(33)19-32(24-15-13-23(29)14-16-24)37(35,36)25-7-5-4-6-8-25/h4-16,20H,3,17-19H2,1-2H3,(H,30,34)/t20-/m1/s1. The van der Waals surface area contributed by atoms with Gasteiger partial charge in [0.1, 0.15) is 18.4 Å². The van der Waals surface area contributed by atoms with E-state index < -0.39 is 34.3 Å². The van der Waals surface area contributed by atoms with Crippen LogP contribution in [0.3, 0.4) is 0 Å². The number of anilines is 1. The van der Waals surface area contributed by atoms with Crippen molar-refractivity contribution in [1.82, 2.24) is 10.2 Å². The van der Waals surface area contributed by atoms with Crippen LogP contribution in [0, 0.1) is 9.39 Å². The summed E-state index contributed by atoms with van der Waals surface area (Å²) in [5, 5.41) is 2.78. The second kappa shape index (κ2) is 13.0. The first-order valence-corrected chi connectivity index (χ1v) is 14.3. The zero-order chi connectivity index (χ0) is 27.0. The van der Waals surface area contributed by atoms with E-state index in [1.807, 2.05) is 6.92 Å². The van der Waals surface area contributed by atoms with Gasteiger partial charge in [-0.15, -0.1) is 0 Å². The minimum atomic E-state index is -4.10. The summed E-state index contributed by atoms with van der Waals surface area (Å²) < 4.78 is 42.7. The van der Waals surface area contributed by atoms with E-state index in [0.717, 1.165) is 14.3 Å². The normalized spacial score (nSPS) is 12.0. The minimum Gasteiger partial charge on any atom is -0.354 e. The fourth-order valence-corrected chi connectivity index (χ4v) is 5.42. The maximum absolute atomic E-state index is 13.7. The van der Waals surface area contributed by atoms with E-state index in [9.17, 15) is 22.4 Å². The Morgan fingerprint density at radius 2 is 1.59 bits per heavy atom. The summed E-state index contributed by atoms with van der Waals surface area (Å²) in [4.78, 5) is 27.9. The first-order valence-electron chi connectivity index (χ1n) is 11.8. The molecule has 0 saturated carbocycles. The van der Waals surface area contributed by atoms with Gasteiger partial charge in [0.15, 0.2) is 0 Å². The highest BCUT2D eigenvalue weighted by atomic mass is 127. The molecule has 0 unspecified atom stereocenters. The SMILES string of the molecule is CCCNC(=O)[C@@H](C)N(Cc1ccc(F)cc1)C(=O)CN(c1ccc(I)cc1)S(=O)(=O)c1ccccc1. The van der Waals surface area contributed by atoms with Gasteiger partial charge < -0.3 is 10.2 Å². The number of nitrogens with one attached hydrogen (secondary N) is 1. The average Bonchev–Trinajstić information content (AvgIpc) is 2.90. The molecule has 196 valence electrons. The molecule has 0 bridgehead atoms. The molecule has 0 heterocycles. The van der Waals surface area contributed by atoms with Crippen molar-refractivity contribution in [2.75, 3.05) is 17.4 Å². The molecule has 7 nitrogen and oxygen atoms in total. The van der Waals surface area contributed by atoms with Gasteiger partial charge >= 0.3 is 0 Å². The molecule has 0 aliphatic carbocycles. The van der Waals surface area contributed by atoms with Crippen LogP contribution < -0.4 is 9.62 Å². The lowest BCUT2D eigenvalue weighted by Crippen LogP contribution is -2.51. The number of hydrogen-bond donors (Lipinski definition) is 1. The maximum atomic E-state index is 13.7. The number of sulfonamides is 1. The number of carbonyl (C=O) groups is 2. The number of carbonyl (C=O) groups excluding carboxylic acids is 2. The van der Waals surface area contributed by atoms with Gasteiger partial charge in [0.2, 0.25) is 11.8 Å². The number of hydrogen-bond acceptors (Lipinski definition) is 4. The van der Waals surface area contributed by atoms with E-state index in [2.05, 4.69) is 27.9 Å². The van der Waals surface area contributed by atoms with Crippen molar-refractivity contribution in [2.45, 2.75) is 37.8 Å². The van der Waals surface area contributed by atoms with E-state index in [1.54, 1.807) is 49.4 Å². The first-order chi connectivity index (χ1) is 17.6. The van der Waals surface area contributed by atoms with Crippen molar-refractivity contribution in [3.63, 3.8) is 0 Å². The maximum Gasteiger partial charge on any atom is 0.264 e. The quantitative estimate of drug-likeness (QED) is 0.313. The van der Waals surface area contributed by atoms with Crippen LogP contribution in [0.5, 0.6) is 0 Å². The van der Waals surface area contributed by atoms with E-state index >= 15 is 0 Å². The van der Waals surface area contributed by atoms with E-state index in [-0.39, 0.29) is 17.3 Å². The fraction of sp³-hybridized carbons (Fsp3) is 0.259. The molecule has 0 spiro atoms. The van der Waals surface area contributed by atoms with Crippen LogP contribution in [0.25, 0.3) is 0 Å². The van der Waals surface area contributed by atoms with Crippen molar-refractivity contribution in [2.24, 2.45) is 0 Å². The van der Waals surface area contributed by atoms with Gasteiger partial charge in [0.05, 0.1) is 10.6 Å². The topological polar surface area (TPSA) is 86.8 Å². The largest absolute Gasteiger partial charge is 0.354 e. The molecule has 0 saturated heterocycles. The molecule has 1 atom stereocenters. The van der Waals surface area contributed by atoms with Crippen molar-refractivity contribution in [1.29, 1.82) is 0 Å². The summed E-state index contributed by atoms with van der Waals surface area (Å²) in [5.41, 5.74) is 0.930. The molecular weight excluding hydrogens is 608 g/mol. The van der Waals surface area contributed by atoms with E-state index in [0.29, 0.717) is 17.8 Å². The second-order valence-electron chi connectivity index (χ2n) is 8.42. The monoisotopic (exact) mass is 637 g/mol. The third-order valence-corrected chi connectivity index (χ3v) is 8.21. The third kappa shape index (κ3) is 7.51. The van der Waals surface area contributed by atoms with Gasteiger partial charge in [-0.2, -0.15) is 0 Å². The van der Waals surface area contributed by atoms with Crippen molar-refractivity contribution < 1.29 is 22.4 Å². The number of halogens is 2. The summed E-state index contributed by atoms with van der Waals surface area (Å²) in [7, 11) is -4.10. The molecule has 3 aromatic carbocycles. The number of benzene rings is 3. The number of nitrogens with zero attached hydrogens (tertiary/aromatic N) is 2. The zero-order valence-corrected chi connectivity index (χ0v) is 23.6. The summed E-state index contributed by atoms with van der Waals surface area (Å²) in [6.45, 7) is 3.43. The highest BCUT2D eigenvalue weighted by Gasteiger charge is 2.32. The van der Waals surface area contributed by atoms with Gasteiger partial charge in [0, 0.05) is 16.7 Å². The molecule has 0 fully saturated rings. The molecule has 0 aliphatic heterocycles. The van der Waals surface area contributed by atoms with Crippen LogP contribution in [0.15, 0.2) is 83.8 Å². The Kier molecular flexibility index (Phi) is 10.0. The Morgan fingerprint density at radius 3 is 2.19 bits per heavy atom. The molecule has 0 radical (unpaired) electrons. The Morgan fingerprint density at radius 1 is 0.973 bits per heavy atom. The Labute approximate surface area is 230 Å². The molecule has 0 aromatic heterocycles. The van der Waals surface area contributed by atoms with Gasteiger partial charge in [-0.1, -0.05) is 37.3 Å². The van der Waals surface area contributed by atoms with E-state index in [4.69, 9.17) is 0 Å². The Balaban J connectivity index is 1.99. The lowest BCUT2D eigenvalue weighted by molar-refractivity contribution is -0.139. The molecule has 3 aromatic rings. The smallest absolute Gasteiger partial charge is 0.264 e. The molecular formula is C27H29FIN3O4S. The molecule has 3 rings (SSSR count). The highest BCUT2D eigenvalue weighted by Crippen LogP contribution is 2.25. The minimum absolute atomic E-state index is 0.00569. The second-order valence-corrected chi connectivity index (χ2v) is 11.5. The van der Waals surface area contributed by atoms with Crippen molar-refractivity contribution in [3.05, 3.63) is 93.8 Å². The summed E-state index contributed by atoms with van der Waals surface area (Å²) in [6, 6.07) is 19.4. The van der Waals surface area contributed by atoms with Crippen molar-refractivity contribution in [3.8, 4) is 0 Å². The predicted octanol–water partition coefficient (Wildman–Crippen LogP) is 4.57. The van der Waals surface area contributed by atoms with Gasteiger partial charge in [0.25, 0.3) is 10.0 Å². The predicted molar refractivity (Wildman–Crippen MR) is 150 cm³/mol. The number of rotatable bonds is 11. The van der Waals surface area contributed by atoms with Gasteiger partial charge in [-0.05, 0) is 90.0 Å².